The first kappa shape index (κ1) is 23.3. The van der Waals surface area contributed by atoms with Crippen LogP contribution < -0.4 is 4.74 Å². The van der Waals surface area contributed by atoms with Crippen LogP contribution in [0.15, 0.2) is 17.0 Å². The van der Waals surface area contributed by atoms with Gasteiger partial charge >= 0.3 is 11.7 Å². The Morgan fingerprint density at radius 2 is 1.62 bits per heavy atom. The summed E-state index contributed by atoms with van der Waals surface area (Å²) in [4.78, 5) is 0.294. The molecule has 0 bridgehead atoms. The van der Waals surface area contributed by atoms with Crippen molar-refractivity contribution in [2.45, 2.75) is 49.2 Å². The summed E-state index contributed by atoms with van der Waals surface area (Å²) >= 11 is 0.508. The number of ether oxygens (including phenoxy) is 1. The molecule has 0 saturated heterocycles. The first-order valence-electron chi connectivity index (χ1n) is 7.81. The van der Waals surface area contributed by atoms with E-state index in [0.29, 0.717) is 47.9 Å². The van der Waals surface area contributed by atoms with Crippen molar-refractivity contribution in [3.8, 4) is 5.75 Å². The van der Waals surface area contributed by atoms with E-state index in [9.17, 15) is 30.7 Å². The van der Waals surface area contributed by atoms with Crippen LogP contribution in [0, 0.1) is 12.7 Å². The third-order valence-corrected chi connectivity index (χ3v) is 5.23. The first-order chi connectivity index (χ1) is 12.0. The molecule has 0 saturated carbocycles. The molecule has 0 aliphatic carbocycles. The number of hydrogen-bond donors (Lipinski definition) is 0. The maximum absolute atomic E-state index is 13.8. The molecule has 1 aromatic carbocycles. The summed E-state index contributed by atoms with van der Waals surface area (Å²) < 4.78 is 91.8. The number of rotatable bonds is 10. The van der Waals surface area contributed by atoms with Crippen molar-refractivity contribution < 1.29 is 35.5 Å². The van der Waals surface area contributed by atoms with E-state index in [-0.39, 0.29) is 29.9 Å². The highest BCUT2D eigenvalue weighted by Gasteiger charge is 2.28. The molecule has 1 nitrogen and oxygen atoms in total. The minimum atomic E-state index is -4.32. The quantitative estimate of drug-likeness (QED) is 0.228. The van der Waals surface area contributed by atoms with Crippen LogP contribution in [0.3, 0.4) is 0 Å². The average molecular weight is 424 g/mol. The molecule has 10 heteroatoms. The Bertz CT molecular complexity index is 559. The van der Waals surface area contributed by atoms with Gasteiger partial charge in [-0.2, -0.15) is 26.3 Å². The van der Waals surface area contributed by atoms with E-state index >= 15 is 0 Å². The Hall–Kier alpha value is -0.770. The predicted molar refractivity (Wildman–Crippen MR) is 90.4 cm³/mol. The van der Waals surface area contributed by atoms with E-state index in [2.05, 4.69) is 0 Å². The molecule has 1 aromatic rings. The molecule has 0 aliphatic rings. The molecule has 26 heavy (non-hydrogen) atoms. The molecule has 0 atom stereocenters. The van der Waals surface area contributed by atoms with E-state index in [1.807, 2.05) is 0 Å². The number of alkyl halides is 6. The summed E-state index contributed by atoms with van der Waals surface area (Å²) in [6.07, 6.45) is -2.16. The molecular weight excluding hydrogens is 405 g/mol. The Morgan fingerprint density at radius 1 is 0.962 bits per heavy atom. The van der Waals surface area contributed by atoms with Gasteiger partial charge in [0.1, 0.15) is 0 Å². The minimum absolute atomic E-state index is 0.00324. The van der Waals surface area contributed by atoms with E-state index in [1.165, 1.54) is 13.0 Å². The van der Waals surface area contributed by atoms with Gasteiger partial charge in [0.2, 0.25) is 0 Å². The molecule has 0 unspecified atom stereocenters. The Labute approximate surface area is 156 Å². The van der Waals surface area contributed by atoms with E-state index < -0.39 is 23.3 Å². The summed E-state index contributed by atoms with van der Waals surface area (Å²) in [5.74, 6) is -1.85. The number of hydrogen-bond acceptors (Lipinski definition) is 3. The summed E-state index contributed by atoms with van der Waals surface area (Å²) in [5.41, 5.74) is -3.82. The van der Waals surface area contributed by atoms with Gasteiger partial charge in [-0.05, 0) is 37.5 Å². The van der Waals surface area contributed by atoms with Crippen LogP contribution in [0.1, 0.15) is 31.2 Å². The summed E-state index contributed by atoms with van der Waals surface area (Å²) in [6, 6.07) is 2.38. The zero-order valence-electron chi connectivity index (χ0n) is 14.0. The number of unbranched alkanes of at least 4 members (excludes halogenated alkanes) is 3. The molecule has 0 spiro atoms. The van der Waals surface area contributed by atoms with Gasteiger partial charge in [0.25, 0.3) is 0 Å². The van der Waals surface area contributed by atoms with Crippen molar-refractivity contribution in [1.29, 1.82) is 0 Å². The molecule has 0 heterocycles. The van der Waals surface area contributed by atoms with Crippen molar-refractivity contribution in [3.63, 3.8) is 0 Å². The molecular formula is C16H19F7OS2. The zero-order valence-corrected chi connectivity index (χ0v) is 15.6. The monoisotopic (exact) mass is 424 g/mol. The number of thioether (sulfide) groups is 2. The van der Waals surface area contributed by atoms with Gasteiger partial charge in [-0.1, -0.05) is 24.6 Å². The molecule has 0 N–H and O–H groups in total. The van der Waals surface area contributed by atoms with Gasteiger partial charge in [-0.25, -0.2) is 4.39 Å². The SMILES string of the molecule is Cc1cc(F)c(OCCCCCCSC(F)(F)F)cc1SCC(F)(F)F. The topological polar surface area (TPSA) is 9.23 Å². The molecule has 0 radical (unpaired) electrons. The zero-order chi connectivity index (χ0) is 19.8. The van der Waals surface area contributed by atoms with Crippen molar-refractivity contribution in [2.24, 2.45) is 0 Å². The number of halogens is 7. The maximum atomic E-state index is 13.8. The smallest absolute Gasteiger partial charge is 0.441 e. The predicted octanol–water partition coefficient (Wildman–Crippen LogP) is 6.98. The van der Waals surface area contributed by atoms with E-state index in [1.54, 1.807) is 0 Å². The fourth-order valence-corrected chi connectivity index (χ4v) is 3.36. The molecule has 0 amide bonds. The van der Waals surface area contributed by atoms with Crippen LogP contribution in [0.2, 0.25) is 0 Å². The van der Waals surface area contributed by atoms with Gasteiger partial charge in [0.05, 0.1) is 12.4 Å². The highest BCUT2D eigenvalue weighted by molar-refractivity contribution is 8.00. The molecule has 1 rings (SSSR count). The number of aryl methyl sites for hydroxylation is 1. The van der Waals surface area contributed by atoms with Gasteiger partial charge in [0.15, 0.2) is 11.6 Å². The van der Waals surface area contributed by atoms with E-state index in [0.717, 1.165) is 6.07 Å². The van der Waals surface area contributed by atoms with Crippen molar-refractivity contribution in [1.82, 2.24) is 0 Å². The lowest BCUT2D eigenvalue weighted by Crippen LogP contribution is -2.10. The van der Waals surface area contributed by atoms with Crippen molar-refractivity contribution in [3.05, 3.63) is 23.5 Å². The van der Waals surface area contributed by atoms with Crippen LogP contribution in [0.25, 0.3) is 0 Å². The largest absolute Gasteiger partial charge is 0.490 e. The van der Waals surface area contributed by atoms with Crippen LogP contribution in [0.4, 0.5) is 30.7 Å². The fourth-order valence-electron chi connectivity index (χ4n) is 1.99. The van der Waals surface area contributed by atoms with Crippen LogP contribution in [-0.2, 0) is 0 Å². The second-order valence-corrected chi connectivity index (χ2v) is 7.69. The third kappa shape index (κ3) is 10.4. The van der Waals surface area contributed by atoms with Crippen molar-refractivity contribution >= 4 is 23.5 Å². The van der Waals surface area contributed by atoms with Crippen LogP contribution in [0.5, 0.6) is 5.75 Å². The number of benzene rings is 1. The standard InChI is InChI=1S/C16H19F7OS2/c1-11-8-12(17)13(9-14(11)25-10-15(18,19)20)24-6-4-2-3-5-7-26-16(21,22)23/h8-9H,2-7,10H2,1H3. The lowest BCUT2D eigenvalue weighted by Gasteiger charge is -2.12. The summed E-state index contributed by atoms with van der Waals surface area (Å²) in [7, 11) is 0. The third-order valence-electron chi connectivity index (χ3n) is 3.18. The van der Waals surface area contributed by atoms with E-state index in [4.69, 9.17) is 4.74 Å². The second kappa shape index (κ2) is 10.5. The molecule has 0 aromatic heterocycles. The Kier molecular flexibility index (Phi) is 9.43. The van der Waals surface area contributed by atoms with Gasteiger partial charge in [-0.3, -0.25) is 0 Å². The Morgan fingerprint density at radius 3 is 2.23 bits per heavy atom. The first-order valence-corrected chi connectivity index (χ1v) is 9.78. The van der Waals surface area contributed by atoms with Gasteiger partial charge in [-0.15, -0.1) is 11.8 Å². The van der Waals surface area contributed by atoms with Crippen LogP contribution >= 0.6 is 23.5 Å². The van der Waals surface area contributed by atoms with Gasteiger partial charge in [0, 0.05) is 10.6 Å². The minimum Gasteiger partial charge on any atom is -0.490 e. The Balaban J connectivity index is 2.36. The molecule has 150 valence electrons. The highest BCUT2D eigenvalue weighted by atomic mass is 32.2. The fraction of sp³-hybridized carbons (Fsp3) is 0.625. The lowest BCUT2D eigenvalue weighted by atomic mass is 10.2. The average Bonchev–Trinajstić information content (AvgIpc) is 2.48. The second-order valence-electron chi connectivity index (χ2n) is 5.51. The van der Waals surface area contributed by atoms with Crippen molar-refractivity contribution in [2.75, 3.05) is 18.1 Å². The maximum Gasteiger partial charge on any atom is 0.441 e. The normalized spacial score (nSPS) is 12.5. The molecule has 0 aliphatic heterocycles. The summed E-state index contributed by atoms with van der Waals surface area (Å²) in [5, 5.41) is 0. The molecule has 0 fully saturated rings. The van der Waals surface area contributed by atoms with Gasteiger partial charge < -0.3 is 4.74 Å². The highest BCUT2D eigenvalue weighted by Crippen LogP contribution is 2.33. The summed E-state index contributed by atoms with van der Waals surface area (Å²) in [6.45, 7) is 1.67. The lowest BCUT2D eigenvalue weighted by molar-refractivity contribution is -0.105. The van der Waals surface area contributed by atoms with Crippen LogP contribution in [-0.4, -0.2) is 29.8 Å².